The van der Waals surface area contributed by atoms with Crippen molar-refractivity contribution >= 4 is 35.6 Å². The second kappa shape index (κ2) is 9.96. The Morgan fingerprint density at radius 3 is 2.62 bits per heavy atom. The molecule has 24 heavy (non-hydrogen) atoms. The van der Waals surface area contributed by atoms with Gasteiger partial charge in [-0.2, -0.15) is 0 Å². The van der Waals surface area contributed by atoms with Crippen molar-refractivity contribution in [1.29, 1.82) is 0 Å². The van der Waals surface area contributed by atoms with Crippen molar-refractivity contribution in [2.75, 3.05) is 26.6 Å². The monoisotopic (exact) mass is 446 g/mol. The number of ether oxygens (including phenoxy) is 2. The average Bonchev–Trinajstić information content (AvgIpc) is 3.05. The van der Waals surface area contributed by atoms with Gasteiger partial charge in [0.2, 0.25) is 0 Å². The SMILES string of the molecule is CCn1cnnc1CNC(=NC)Nc1ccc(OC)c(OC)c1.I. The summed E-state index contributed by atoms with van der Waals surface area (Å²) in [4.78, 5) is 4.20. The van der Waals surface area contributed by atoms with Crippen LogP contribution in [-0.2, 0) is 13.1 Å². The predicted octanol–water partition coefficient (Wildman–Crippen LogP) is 2.12. The highest BCUT2D eigenvalue weighted by molar-refractivity contribution is 14.0. The number of guanidine groups is 1. The van der Waals surface area contributed by atoms with E-state index in [1.807, 2.05) is 29.7 Å². The molecule has 0 bridgehead atoms. The van der Waals surface area contributed by atoms with Crippen molar-refractivity contribution in [3.8, 4) is 11.5 Å². The van der Waals surface area contributed by atoms with E-state index in [1.54, 1.807) is 27.6 Å². The first-order valence-electron chi connectivity index (χ1n) is 7.28. The largest absolute Gasteiger partial charge is 0.493 e. The van der Waals surface area contributed by atoms with Gasteiger partial charge in [0.15, 0.2) is 23.3 Å². The molecule has 0 saturated heterocycles. The number of rotatable bonds is 6. The van der Waals surface area contributed by atoms with E-state index in [-0.39, 0.29) is 24.0 Å². The van der Waals surface area contributed by atoms with E-state index in [4.69, 9.17) is 9.47 Å². The van der Waals surface area contributed by atoms with Crippen LogP contribution in [0.15, 0.2) is 29.5 Å². The van der Waals surface area contributed by atoms with Crippen LogP contribution >= 0.6 is 24.0 Å². The molecule has 2 rings (SSSR count). The van der Waals surface area contributed by atoms with Gasteiger partial charge in [0, 0.05) is 25.3 Å². The summed E-state index contributed by atoms with van der Waals surface area (Å²) < 4.78 is 12.5. The maximum Gasteiger partial charge on any atom is 0.195 e. The third-order valence-electron chi connectivity index (χ3n) is 3.32. The molecule has 8 nitrogen and oxygen atoms in total. The number of benzene rings is 1. The lowest BCUT2D eigenvalue weighted by molar-refractivity contribution is 0.355. The van der Waals surface area contributed by atoms with Crippen LogP contribution in [0, 0.1) is 0 Å². The van der Waals surface area contributed by atoms with Gasteiger partial charge in [-0.3, -0.25) is 4.99 Å². The van der Waals surface area contributed by atoms with Crippen molar-refractivity contribution in [2.45, 2.75) is 20.0 Å². The molecule has 9 heteroatoms. The molecule has 132 valence electrons. The first-order chi connectivity index (χ1) is 11.2. The van der Waals surface area contributed by atoms with Crippen LogP contribution in [0.25, 0.3) is 0 Å². The number of aromatic nitrogens is 3. The molecule has 0 aliphatic heterocycles. The number of aliphatic imine (C=N–C) groups is 1. The van der Waals surface area contributed by atoms with Gasteiger partial charge in [0.25, 0.3) is 0 Å². The number of aryl methyl sites for hydroxylation is 1. The summed E-state index contributed by atoms with van der Waals surface area (Å²) in [5, 5.41) is 14.4. The van der Waals surface area contributed by atoms with Gasteiger partial charge in [-0.05, 0) is 19.1 Å². The molecule has 0 atom stereocenters. The Bertz CT molecular complexity index is 674. The summed E-state index contributed by atoms with van der Waals surface area (Å²) in [5.41, 5.74) is 0.840. The van der Waals surface area contributed by atoms with Gasteiger partial charge >= 0.3 is 0 Å². The van der Waals surface area contributed by atoms with Gasteiger partial charge in [0.05, 0.1) is 20.8 Å². The van der Waals surface area contributed by atoms with E-state index in [0.717, 1.165) is 18.1 Å². The molecule has 0 radical (unpaired) electrons. The highest BCUT2D eigenvalue weighted by atomic mass is 127. The summed E-state index contributed by atoms with van der Waals surface area (Å²) in [5.74, 6) is 2.81. The average molecular weight is 446 g/mol. The lowest BCUT2D eigenvalue weighted by Crippen LogP contribution is -2.31. The third-order valence-corrected chi connectivity index (χ3v) is 3.32. The van der Waals surface area contributed by atoms with Crippen molar-refractivity contribution in [3.63, 3.8) is 0 Å². The molecule has 0 aliphatic rings. The Morgan fingerprint density at radius 1 is 1.25 bits per heavy atom. The molecule has 0 spiro atoms. The highest BCUT2D eigenvalue weighted by Gasteiger charge is 2.07. The molecule has 0 unspecified atom stereocenters. The maximum atomic E-state index is 5.29. The predicted molar refractivity (Wildman–Crippen MR) is 104 cm³/mol. The quantitative estimate of drug-likeness (QED) is 0.402. The third kappa shape index (κ3) is 4.98. The Labute approximate surface area is 158 Å². The molecule has 1 aromatic heterocycles. The van der Waals surface area contributed by atoms with Crippen LogP contribution in [-0.4, -0.2) is 42.0 Å². The van der Waals surface area contributed by atoms with Gasteiger partial charge in [-0.15, -0.1) is 34.2 Å². The van der Waals surface area contributed by atoms with Gasteiger partial charge in [-0.1, -0.05) is 0 Å². The highest BCUT2D eigenvalue weighted by Crippen LogP contribution is 2.29. The fraction of sp³-hybridized carbons (Fsp3) is 0.400. The fourth-order valence-corrected chi connectivity index (χ4v) is 2.07. The number of anilines is 1. The van der Waals surface area contributed by atoms with Crippen LogP contribution in [0.4, 0.5) is 5.69 Å². The fourth-order valence-electron chi connectivity index (χ4n) is 2.07. The number of hydrogen-bond acceptors (Lipinski definition) is 5. The lowest BCUT2D eigenvalue weighted by Gasteiger charge is -2.14. The van der Waals surface area contributed by atoms with E-state index in [1.165, 1.54) is 0 Å². The van der Waals surface area contributed by atoms with Crippen molar-refractivity contribution in [1.82, 2.24) is 20.1 Å². The van der Waals surface area contributed by atoms with Gasteiger partial charge in [0.1, 0.15) is 6.33 Å². The molecule has 0 amide bonds. The smallest absolute Gasteiger partial charge is 0.195 e. The number of halogens is 1. The van der Waals surface area contributed by atoms with E-state index in [0.29, 0.717) is 24.0 Å². The summed E-state index contributed by atoms with van der Waals surface area (Å²) in [6.45, 7) is 3.40. The number of methoxy groups -OCH3 is 2. The summed E-state index contributed by atoms with van der Waals surface area (Å²) in [7, 11) is 4.92. The molecular weight excluding hydrogens is 423 g/mol. The maximum absolute atomic E-state index is 5.29. The minimum Gasteiger partial charge on any atom is -0.493 e. The molecule has 1 heterocycles. The van der Waals surface area contributed by atoms with Crippen LogP contribution in [0.3, 0.4) is 0 Å². The molecule has 2 N–H and O–H groups in total. The van der Waals surface area contributed by atoms with E-state index in [9.17, 15) is 0 Å². The van der Waals surface area contributed by atoms with Crippen LogP contribution in [0.5, 0.6) is 11.5 Å². The zero-order valence-electron chi connectivity index (χ0n) is 14.2. The Morgan fingerprint density at radius 2 is 2.00 bits per heavy atom. The Kier molecular flexibility index (Phi) is 8.30. The summed E-state index contributed by atoms with van der Waals surface area (Å²) in [6, 6.07) is 5.57. The first kappa shape index (κ1) is 20.0. The van der Waals surface area contributed by atoms with Crippen molar-refractivity contribution in [3.05, 3.63) is 30.4 Å². The Balaban J connectivity index is 0.00000288. The second-order valence-corrected chi connectivity index (χ2v) is 4.65. The minimum absolute atomic E-state index is 0. The molecule has 2 aromatic rings. The zero-order chi connectivity index (χ0) is 16.7. The summed E-state index contributed by atoms with van der Waals surface area (Å²) in [6.07, 6.45) is 1.71. The van der Waals surface area contributed by atoms with Crippen LogP contribution < -0.4 is 20.1 Å². The van der Waals surface area contributed by atoms with Gasteiger partial charge in [-0.25, -0.2) is 0 Å². The molecular formula is C15H23IN6O2. The van der Waals surface area contributed by atoms with E-state index >= 15 is 0 Å². The lowest BCUT2D eigenvalue weighted by atomic mass is 10.3. The first-order valence-corrected chi connectivity index (χ1v) is 7.28. The van der Waals surface area contributed by atoms with Crippen LogP contribution in [0.2, 0.25) is 0 Å². The molecule has 1 aromatic carbocycles. The second-order valence-electron chi connectivity index (χ2n) is 4.65. The topological polar surface area (TPSA) is 85.6 Å². The van der Waals surface area contributed by atoms with Crippen molar-refractivity contribution in [2.24, 2.45) is 4.99 Å². The van der Waals surface area contributed by atoms with E-state index < -0.39 is 0 Å². The zero-order valence-corrected chi connectivity index (χ0v) is 16.6. The molecule has 0 aliphatic carbocycles. The minimum atomic E-state index is 0. The number of nitrogens with zero attached hydrogens (tertiary/aromatic N) is 4. The van der Waals surface area contributed by atoms with Crippen molar-refractivity contribution < 1.29 is 9.47 Å². The standard InChI is InChI=1S/C15H22N6O2.HI/c1-5-21-10-18-20-14(21)9-17-15(16-2)19-11-6-7-12(22-3)13(8-11)23-4;/h6-8,10H,5,9H2,1-4H3,(H2,16,17,19);1H. The normalized spacial score (nSPS) is 10.8. The number of hydrogen-bond donors (Lipinski definition) is 2. The molecule has 0 fully saturated rings. The number of nitrogens with one attached hydrogen (secondary N) is 2. The Hall–Kier alpha value is -2.04. The van der Waals surface area contributed by atoms with Crippen LogP contribution in [0.1, 0.15) is 12.7 Å². The van der Waals surface area contributed by atoms with Gasteiger partial charge < -0.3 is 24.7 Å². The summed E-state index contributed by atoms with van der Waals surface area (Å²) >= 11 is 0. The van der Waals surface area contributed by atoms with E-state index in [2.05, 4.69) is 25.8 Å². The molecule has 0 saturated carbocycles.